The summed E-state index contributed by atoms with van der Waals surface area (Å²) in [4.78, 5) is 14.4. The van der Waals surface area contributed by atoms with Gasteiger partial charge in [-0.25, -0.2) is 4.79 Å². The van der Waals surface area contributed by atoms with E-state index >= 15 is 0 Å². The van der Waals surface area contributed by atoms with Crippen molar-refractivity contribution in [3.8, 4) is 0 Å². The summed E-state index contributed by atoms with van der Waals surface area (Å²) in [6.45, 7) is 4.16. The molecule has 3 nitrogen and oxygen atoms in total. The normalized spacial score (nSPS) is 10.8. The number of rotatable bonds is 4. The van der Waals surface area contributed by atoms with Gasteiger partial charge >= 0.3 is 5.97 Å². The molecule has 0 saturated heterocycles. The van der Waals surface area contributed by atoms with Gasteiger partial charge in [-0.05, 0) is 43.5 Å². The molecule has 2 aromatic rings. The van der Waals surface area contributed by atoms with E-state index in [1.54, 1.807) is 18.2 Å². The molecule has 1 heterocycles. The van der Waals surface area contributed by atoms with E-state index in [0.29, 0.717) is 0 Å². The lowest BCUT2D eigenvalue weighted by atomic mass is 10.0. The zero-order valence-corrected chi connectivity index (χ0v) is 11.9. The highest BCUT2D eigenvalue weighted by Gasteiger charge is 2.09. The van der Waals surface area contributed by atoms with E-state index in [2.05, 4.69) is 11.9 Å². The van der Waals surface area contributed by atoms with Crippen molar-refractivity contribution in [2.45, 2.75) is 33.1 Å². The van der Waals surface area contributed by atoms with E-state index in [4.69, 9.17) is 17.3 Å². The fraction of sp³-hybridized carbons (Fsp3) is 0.333. The Morgan fingerprint density at radius 3 is 2.79 bits per heavy atom. The summed E-state index contributed by atoms with van der Waals surface area (Å²) in [6, 6.07) is 5.04. The third kappa shape index (κ3) is 2.68. The molecule has 4 heteroatoms. The predicted octanol–water partition coefficient (Wildman–Crippen LogP) is 4.25. The summed E-state index contributed by atoms with van der Waals surface area (Å²) < 4.78 is 0.780. The number of unbranched alkanes of at least 4 members (excludes halogenated alkanes) is 1. The molecular formula is C15H17NO2S. The molecule has 2 N–H and O–H groups in total. The minimum atomic E-state index is -0.924. The minimum Gasteiger partial charge on any atom is -0.478 e. The molecule has 0 amide bonds. The van der Waals surface area contributed by atoms with Crippen LogP contribution in [-0.2, 0) is 6.42 Å². The largest absolute Gasteiger partial charge is 0.478 e. The summed E-state index contributed by atoms with van der Waals surface area (Å²) in [5.41, 5.74) is 3.38. The van der Waals surface area contributed by atoms with Gasteiger partial charge < -0.3 is 10.1 Å². The molecule has 1 aromatic carbocycles. The fourth-order valence-corrected chi connectivity index (χ4v) is 2.66. The van der Waals surface area contributed by atoms with Gasteiger partial charge in [-0.15, -0.1) is 0 Å². The lowest BCUT2D eigenvalue weighted by Gasteiger charge is -2.10. The molecule has 0 aliphatic rings. The number of aryl methyl sites for hydroxylation is 1. The van der Waals surface area contributed by atoms with Gasteiger partial charge in [0.1, 0.15) is 0 Å². The van der Waals surface area contributed by atoms with Crippen LogP contribution < -0.4 is 0 Å². The van der Waals surface area contributed by atoms with Crippen molar-refractivity contribution in [3.05, 3.63) is 39.5 Å². The Morgan fingerprint density at radius 2 is 2.16 bits per heavy atom. The highest BCUT2D eigenvalue weighted by molar-refractivity contribution is 7.71. The van der Waals surface area contributed by atoms with Crippen LogP contribution in [0.25, 0.3) is 10.9 Å². The monoisotopic (exact) mass is 275 g/mol. The third-order valence-electron chi connectivity index (χ3n) is 3.34. The Morgan fingerprint density at radius 1 is 1.42 bits per heavy atom. The lowest BCUT2D eigenvalue weighted by Crippen LogP contribution is -1.99. The lowest BCUT2D eigenvalue weighted by molar-refractivity contribution is 0.0697. The molecule has 0 fully saturated rings. The first kappa shape index (κ1) is 13.7. The van der Waals surface area contributed by atoms with E-state index in [1.165, 1.54) is 0 Å². The first-order chi connectivity index (χ1) is 9.04. The molecule has 0 atom stereocenters. The van der Waals surface area contributed by atoms with Gasteiger partial charge in [-0.3, -0.25) is 0 Å². The molecule has 0 unspecified atom stereocenters. The number of aromatic amines is 1. The number of pyridine rings is 1. The topological polar surface area (TPSA) is 53.1 Å². The molecule has 100 valence electrons. The van der Waals surface area contributed by atoms with Crippen LogP contribution in [0.1, 0.15) is 41.4 Å². The number of carboxylic acids is 1. The van der Waals surface area contributed by atoms with Crippen molar-refractivity contribution >= 4 is 29.1 Å². The number of nitrogens with one attached hydrogen (secondary N) is 1. The molecule has 2 rings (SSSR count). The zero-order valence-electron chi connectivity index (χ0n) is 11.1. The van der Waals surface area contributed by atoms with Gasteiger partial charge in [0, 0.05) is 16.6 Å². The van der Waals surface area contributed by atoms with Crippen molar-refractivity contribution in [3.63, 3.8) is 0 Å². The fourth-order valence-electron chi connectivity index (χ4n) is 2.24. The van der Waals surface area contributed by atoms with E-state index in [9.17, 15) is 4.79 Å². The van der Waals surface area contributed by atoms with E-state index in [-0.39, 0.29) is 5.56 Å². The quantitative estimate of drug-likeness (QED) is 0.820. The Labute approximate surface area is 117 Å². The van der Waals surface area contributed by atoms with Crippen molar-refractivity contribution in [1.29, 1.82) is 0 Å². The van der Waals surface area contributed by atoms with Crippen molar-refractivity contribution in [2.75, 3.05) is 0 Å². The average molecular weight is 275 g/mol. The predicted molar refractivity (Wildman–Crippen MR) is 79.4 cm³/mol. The second-order valence-corrected chi connectivity index (χ2v) is 5.13. The Balaban J connectivity index is 2.66. The van der Waals surface area contributed by atoms with Crippen LogP contribution in [0.3, 0.4) is 0 Å². The second kappa shape index (κ2) is 5.53. The van der Waals surface area contributed by atoms with Crippen LogP contribution in [-0.4, -0.2) is 16.1 Å². The van der Waals surface area contributed by atoms with Gasteiger partial charge in [-0.2, -0.15) is 0 Å². The molecule has 0 spiro atoms. The maximum absolute atomic E-state index is 11.0. The van der Waals surface area contributed by atoms with Crippen LogP contribution in [0.5, 0.6) is 0 Å². The Hall–Kier alpha value is -1.68. The van der Waals surface area contributed by atoms with Crippen LogP contribution in [0.2, 0.25) is 0 Å². The number of hydrogen-bond donors (Lipinski definition) is 2. The van der Waals surface area contributed by atoms with E-state index in [1.807, 2.05) is 6.92 Å². The molecule has 0 saturated carbocycles. The highest BCUT2D eigenvalue weighted by atomic mass is 32.1. The molecule has 0 aliphatic heterocycles. The van der Waals surface area contributed by atoms with Gasteiger partial charge in [0.05, 0.1) is 10.1 Å². The SMILES string of the molecule is CCCCc1c(C)[nH]c2ccc(C(=O)O)cc2c1=S. The van der Waals surface area contributed by atoms with Crippen molar-refractivity contribution in [1.82, 2.24) is 4.98 Å². The number of hydrogen-bond acceptors (Lipinski definition) is 2. The number of H-pyrrole nitrogens is 1. The first-order valence-electron chi connectivity index (χ1n) is 6.43. The van der Waals surface area contributed by atoms with Crippen LogP contribution in [0.4, 0.5) is 0 Å². The number of carbonyl (C=O) groups is 1. The third-order valence-corrected chi connectivity index (χ3v) is 3.81. The average Bonchev–Trinajstić information content (AvgIpc) is 2.38. The molecule has 0 bridgehead atoms. The number of aromatic nitrogens is 1. The van der Waals surface area contributed by atoms with E-state index < -0.39 is 5.97 Å². The first-order valence-corrected chi connectivity index (χ1v) is 6.84. The maximum atomic E-state index is 11.0. The summed E-state index contributed by atoms with van der Waals surface area (Å²) in [5.74, 6) is -0.924. The van der Waals surface area contributed by atoms with E-state index in [0.717, 1.165) is 45.9 Å². The highest BCUT2D eigenvalue weighted by Crippen LogP contribution is 2.22. The number of aromatic carboxylic acids is 1. The Kier molecular flexibility index (Phi) is 4.00. The summed E-state index contributed by atoms with van der Waals surface area (Å²) in [7, 11) is 0. The van der Waals surface area contributed by atoms with Gasteiger partial charge in [0.25, 0.3) is 0 Å². The summed E-state index contributed by atoms with van der Waals surface area (Å²) in [6.07, 6.45) is 3.13. The summed E-state index contributed by atoms with van der Waals surface area (Å²) in [5, 5.41) is 9.88. The maximum Gasteiger partial charge on any atom is 0.335 e. The van der Waals surface area contributed by atoms with Crippen molar-refractivity contribution in [2.24, 2.45) is 0 Å². The standard InChI is InChI=1S/C15H17NO2S/c1-3-4-5-11-9(2)16-13-7-6-10(15(17)18)8-12(13)14(11)19/h6-8H,3-5H2,1-2H3,(H,16,19)(H,17,18). The number of benzene rings is 1. The van der Waals surface area contributed by atoms with Crippen LogP contribution in [0, 0.1) is 11.4 Å². The molecular weight excluding hydrogens is 258 g/mol. The number of fused-ring (bicyclic) bond motifs is 1. The van der Waals surface area contributed by atoms with Crippen molar-refractivity contribution < 1.29 is 9.90 Å². The van der Waals surface area contributed by atoms with Gasteiger partial charge in [0.15, 0.2) is 0 Å². The van der Waals surface area contributed by atoms with Crippen LogP contribution in [0.15, 0.2) is 18.2 Å². The Bertz CT molecular complexity index is 688. The smallest absolute Gasteiger partial charge is 0.335 e. The van der Waals surface area contributed by atoms with Crippen LogP contribution >= 0.6 is 12.2 Å². The molecule has 0 radical (unpaired) electrons. The second-order valence-electron chi connectivity index (χ2n) is 4.73. The van der Waals surface area contributed by atoms with Gasteiger partial charge in [-0.1, -0.05) is 25.6 Å². The molecule has 0 aliphatic carbocycles. The molecule has 1 aromatic heterocycles. The zero-order chi connectivity index (χ0) is 14.0. The van der Waals surface area contributed by atoms with Gasteiger partial charge in [0.2, 0.25) is 0 Å². The summed E-state index contributed by atoms with van der Waals surface area (Å²) >= 11 is 5.53. The molecule has 19 heavy (non-hydrogen) atoms. The number of carboxylic acid groups (broad SMARTS) is 1. The minimum absolute atomic E-state index is 0.275.